The molecule has 0 saturated carbocycles. The van der Waals surface area contributed by atoms with E-state index in [9.17, 15) is 23.1 Å². The Morgan fingerprint density at radius 3 is 2.92 bits per heavy atom. The monoisotopic (exact) mass is 346 g/mol. The highest BCUT2D eigenvalue weighted by Gasteiger charge is 2.31. The van der Waals surface area contributed by atoms with Crippen molar-refractivity contribution in [2.24, 2.45) is 0 Å². The molecule has 0 unspecified atom stereocenters. The van der Waals surface area contributed by atoms with E-state index in [1.54, 1.807) is 0 Å². The summed E-state index contributed by atoms with van der Waals surface area (Å²) < 4.78 is 43.4. The van der Waals surface area contributed by atoms with Gasteiger partial charge >= 0.3 is 6.18 Å². The van der Waals surface area contributed by atoms with Gasteiger partial charge in [0, 0.05) is 19.6 Å². The second kappa shape index (κ2) is 7.96. The van der Waals surface area contributed by atoms with Gasteiger partial charge in [-0.2, -0.15) is 13.2 Å². The smallest absolute Gasteiger partial charge is 0.387 e. The van der Waals surface area contributed by atoms with Crippen LogP contribution >= 0.6 is 0 Å². The van der Waals surface area contributed by atoms with Crippen LogP contribution in [0.3, 0.4) is 0 Å². The van der Waals surface area contributed by atoms with Crippen LogP contribution in [-0.2, 0) is 15.7 Å². The van der Waals surface area contributed by atoms with E-state index in [4.69, 9.17) is 4.74 Å². The normalized spacial score (nSPS) is 20.6. The van der Waals surface area contributed by atoms with Gasteiger partial charge in [0.1, 0.15) is 6.10 Å². The van der Waals surface area contributed by atoms with Crippen molar-refractivity contribution in [2.75, 3.05) is 32.8 Å². The second-order valence-corrected chi connectivity index (χ2v) is 5.64. The van der Waals surface area contributed by atoms with Gasteiger partial charge in [0.2, 0.25) is 0 Å². The van der Waals surface area contributed by atoms with Crippen molar-refractivity contribution in [2.45, 2.75) is 25.3 Å². The van der Waals surface area contributed by atoms with Gasteiger partial charge in [-0.3, -0.25) is 9.69 Å². The summed E-state index contributed by atoms with van der Waals surface area (Å²) >= 11 is 0. The number of morpholine rings is 1. The van der Waals surface area contributed by atoms with Gasteiger partial charge in [0.25, 0.3) is 5.91 Å². The highest BCUT2D eigenvalue weighted by molar-refractivity contribution is 5.81. The van der Waals surface area contributed by atoms with E-state index >= 15 is 0 Å². The summed E-state index contributed by atoms with van der Waals surface area (Å²) in [5.74, 6) is -0.376. The number of carbonyl (C=O) groups excluding carboxylic acids is 1. The maximum Gasteiger partial charge on any atom is 0.416 e. The maximum absolute atomic E-state index is 12.7. The van der Waals surface area contributed by atoms with Crippen LogP contribution in [-0.4, -0.2) is 54.8 Å². The number of aliphatic hydroxyl groups is 1. The molecule has 1 aliphatic heterocycles. The predicted octanol–water partition coefficient (Wildman–Crippen LogP) is 1.58. The zero-order chi connectivity index (χ0) is 17.7. The van der Waals surface area contributed by atoms with E-state index in [1.807, 2.05) is 6.92 Å². The van der Waals surface area contributed by atoms with Crippen molar-refractivity contribution in [3.8, 4) is 0 Å². The highest BCUT2D eigenvalue weighted by atomic mass is 19.4. The van der Waals surface area contributed by atoms with E-state index in [0.29, 0.717) is 13.2 Å². The number of amides is 1. The number of nitrogens with zero attached hydrogens (tertiary/aromatic N) is 1. The third-order valence-electron chi connectivity index (χ3n) is 3.96. The van der Waals surface area contributed by atoms with Gasteiger partial charge in [-0.25, -0.2) is 0 Å². The Hall–Kier alpha value is -1.64. The van der Waals surface area contributed by atoms with Crippen LogP contribution in [0.2, 0.25) is 0 Å². The molecule has 1 aromatic rings. The molecule has 0 aromatic heterocycles. The number of benzene rings is 1. The van der Waals surface area contributed by atoms with Crippen molar-refractivity contribution in [1.82, 2.24) is 10.2 Å². The van der Waals surface area contributed by atoms with Crippen LogP contribution in [0, 0.1) is 0 Å². The number of carbonyl (C=O) groups is 1. The molecule has 1 saturated heterocycles. The number of likely N-dealkylation sites (N-methyl/N-ethyl adjacent to an activating group) is 1. The quantitative estimate of drug-likeness (QED) is 0.850. The summed E-state index contributed by atoms with van der Waals surface area (Å²) in [4.78, 5) is 14.1. The van der Waals surface area contributed by atoms with Gasteiger partial charge in [-0.1, -0.05) is 19.1 Å². The molecule has 5 nitrogen and oxygen atoms in total. The summed E-state index contributed by atoms with van der Waals surface area (Å²) in [7, 11) is 0. The van der Waals surface area contributed by atoms with Gasteiger partial charge in [0.05, 0.1) is 18.3 Å². The van der Waals surface area contributed by atoms with Gasteiger partial charge < -0.3 is 15.2 Å². The minimum absolute atomic E-state index is 0.102. The molecule has 1 heterocycles. The summed E-state index contributed by atoms with van der Waals surface area (Å²) in [6, 6.07) is 4.44. The molecule has 0 aliphatic carbocycles. The molecule has 2 rings (SSSR count). The largest absolute Gasteiger partial charge is 0.416 e. The summed E-state index contributed by atoms with van der Waals surface area (Å²) in [6.07, 6.45) is -6.33. The first-order valence-electron chi connectivity index (χ1n) is 7.78. The third-order valence-corrected chi connectivity index (χ3v) is 3.96. The molecular weight excluding hydrogens is 325 g/mol. The molecule has 2 N–H and O–H groups in total. The molecule has 2 atom stereocenters. The topological polar surface area (TPSA) is 61.8 Å². The number of rotatable bonds is 5. The van der Waals surface area contributed by atoms with Crippen molar-refractivity contribution < 1.29 is 27.8 Å². The van der Waals surface area contributed by atoms with E-state index in [0.717, 1.165) is 25.2 Å². The number of nitrogens with one attached hydrogen (secondary N) is 1. The van der Waals surface area contributed by atoms with Crippen molar-refractivity contribution in [3.63, 3.8) is 0 Å². The highest BCUT2D eigenvalue weighted by Crippen LogP contribution is 2.30. The zero-order valence-electron chi connectivity index (χ0n) is 13.3. The molecule has 1 fully saturated rings. The molecule has 8 heteroatoms. The molecule has 0 bridgehead atoms. The first kappa shape index (κ1) is 18.7. The molecule has 0 radical (unpaired) electrons. The predicted molar refractivity (Wildman–Crippen MR) is 81.3 cm³/mol. The van der Waals surface area contributed by atoms with E-state index < -0.39 is 23.9 Å². The van der Waals surface area contributed by atoms with Crippen LogP contribution < -0.4 is 5.32 Å². The zero-order valence-corrected chi connectivity index (χ0v) is 13.3. The fourth-order valence-corrected chi connectivity index (χ4v) is 2.50. The molecule has 1 aromatic carbocycles. The van der Waals surface area contributed by atoms with Crippen LogP contribution in [0.25, 0.3) is 0 Å². The van der Waals surface area contributed by atoms with Gasteiger partial charge in [0.15, 0.2) is 0 Å². The third kappa shape index (κ3) is 4.93. The Bertz CT molecular complexity index is 566. The number of hydrogen-bond acceptors (Lipinski definition) is 4. The lowest BCUT2D eigenvalue weighted by Crippen LogP contribution is -2.50. The van der Waals surface area contributed by atoms with Crippen molar-refractivity contribution in [1.29, 1.82) is 0 Å². The Labute approximate surface area is 138 Å². The van der Waals surface area contributed by atoms with E-state index in [1.165, 1.54) is 12.1 Å². The number of aliphatic hydroxyl groups excluding tert-OH is 1. The number of alkyl halides is 3. The standard InChI is InChI=1S/C16H21F3N2O3/c1-2-21-6-7-24-14(10-21)15(23)20-9-13(22)11-4-3-5-12(8-11)16(17,18)19/h3-5,8,13-14,22H,2,6-7,9-10H2,1H3,(H,20,23)/t13-,14-/m1/s1. The van der Waals surface area contributed by atoms with Crippen LogP contribution in [0.15, 0.2) is 24.3 Å². The number of halogens is 3. The number of hydrogen-bond donors (Lipinski definition) is 2. The average molecular weight is 346 g/mol. The summed E-state index contributed by atoms with van der Waals surface area (Å²) in [6.45, 7) is 4.28. The van der Waals surface area contributed by atoms with Crippen LogP contribution in [0.5, 0.6) is 0 Å². The summed E-state index contributed by atoms with van der Waals surface area (Å²) in [5, 5.41) is 12.6. The van der Waals surface area contributed by atoms with E-state index in [-0.39, 0.29) is 18.0 Å². The van der Waals surface area contributed by atoms with Crippen LogP contribution in [0.4, 0.5) is 13.2 Å². The number of ether oxygens (including phenoxy) is 1. The van der Waals surface area contributed by atoms with E-state index in [2.05, 4.69) is 10.2 Å². The lowest BCUT2D eigenvalue weighted by atomic mass is 10.1. The lowest BCUT2D eigenvalue weighted by molar-refractivity contribution is -0.139. The van der Waals surface area contributed by atoms with Gasteiger partial charge in [-0.15, -0.1) is 0 Å². The fourth-order valence-electron chi connectivity index (χ4n) is 2.50. The molecular formula is C16H21F3N2O3. The molecule has 0 spiro atoms. The Kier molecular flexibility index (Phi) is 6.20. The molecule has 134 valence electrons. The second-order valence-electron chi connectivity index (χ2n) is 5.64. The Morgan fingerprint density at radius 1 is 1.50 bits per heavy atom. The Balaban J connectivity index is 1.91. The molecule has 24 heavy (non-hydrogen) atoms. The van der Waals surface area contributed by atoms with Gasteiger partial charge in [-0.05, 0) is 24.2 Å². The van der Waals surface area contributed by atoms with Crippen molar-refractivity contribution >= 4 is 5.91 Å². The minimum Gasteiger partial charge on any atom is -0.387 e. The first-order chi connectivity index (χ1) is 11.3. The fraction of sp³-hybridized carbons (Fsp3) is 0.562. The summed E-state index contributed by atoms with van der Waals surface area (Å²) in [5.41, 5.74) is -0.732. The van der Waals surface area contributed by atoms with Crippen molar-refractivity contribution in [3.05, 3.63) is 35.4 Å². The SMILES string of the molecule is CCN1CCO[C@@H](C(=O)NC[C@@H](O)c2cccc(C(F)(F)F)c2)C1. The lowest BCUT2D eigenvalue weighted by Gasteiger charge is -2.31. The maximum atomic E-state index is 12.7. The first-order valence-corrected chi connectivity index (χ1v) is 7.78. The van der Waals surface area contributed by atoms with Crippen LogP contribution in [0.1, 0.15) is 24.2 Å². The Morgan fingerprint density at radius 2 is 2.25 bits per heavy atom. The molecule has 1 aliphatic rings. The average Bonchev–Trinajstić information content (AvgIpc) is 2.58. The minimum atomic E-state index is -4.47. The molecule has 1 amide bonds.